The van der Waals surface area contributed by atoms with Gasteiger partial charge in [0, 0.05) is 10.7 Å². The molecule has 3 aromatic rings. The summed E-state index contributed by atoms with van der Waals surface area (Å²) in [6.07, 6.45) is 0. The average molecular weight is 443 g/mol. The summed E-state index contributed by atoms with van der Waals surface area (Å²) in [4.78, 5) is 12.9. The summed E-state index contributed by atoms with van der Waals surface area (Å²) in [5.41, 5.74) is 3.73. The highest BCUT2D eigenvalue weighted by atomic mass is 35.5. The highest BCUT2D eigenvalue weighted by molar-refractivity contribution is 7.92. The van der Waals surface area contributed by atoms with Crippen LogP contribution in [0, 0.1) is 20.8 Å². The number of benzene rings is 3. The molecule has 0 fully saturated rings. The van der Waals surface area contributed by atoms with Gasteiger partial charge in [-0.3, -0.25) is 9.10 Å². The molecule has 0 atom stereocenters. The van der Waals surface area contributed by atoms with E-state index >= 15 is 0 Å². The Hall–Kier alpha value is -2.83. The third-order valence-electron chi connectivity index (χ3n) is 4.69. The van der Waals surface area contributed by atoms with Gasteiger partial charge in [-0.1, -0.05) is 53.1 Å². The third kappa shape index (κ3) is 5.01. The maximum atomic E-state index is 13.4. The fraction of sp³-hybridized carbons (Fsp3) is 0.174. The van der Waals surface area contributed by atoms with E-state index in [9.17, 15) is 13.2 Å². The van der Waals surface area contributed by atoms with Crippen molar-refractivity contribution < 1.29 is 13.2 Å². The number of amides is 1. The van der Waals surface area contributed by atoms with Crippen LogP contribution in [0.1, 0.15) is 16.7 Å². The lowest BCUT2D eigenvalue weighted by Crippen LogP contribution is -2.38. The summed E-state index contributed by atoms with van der Waals surface area (Å²) >= 11 is 6.02. The predicted octanol–water partition coefficient (Wildman–Crippen LogP) is 5.10. The number of aryl methyl sites for hydroxylation is 3. The molecule has 0 heterocycles. The minimum Gasteiger partial charge on any atom is -0.324 e. The van der Waals surface area contributed by atoms with Gasteiger partial charge in [0.15, 0.2) is 0 Å². The Morgan fingerprint density at radius 1 is 0.900 bits per heavy atom. The Morgan fingerprint density at radius 3 is 2.07 bits per heavy atom. The molecule has 3 rings (SSSR count). The van der Waals surface area contributed by atoms with Gasteiger partial charge >= 0.3 is 0 Å². The van der Waals surface area contributed by atoms with E-state index in [-0.39, 0.29) is 11.4 Å². The van der Waals surface area contributed by atoms with E-state index < -0.39 is 15.9 Å². The first-order valence-corrected chi connectivity index (χ1v) is 11.2. The molecule has 3 aromatic carbocycles. The molecule has 0 saturated heterocycles. The highest BCUT2D eigenvalue weighted by Gasteiger charge is 2.27. The van der Waals surface area contributed by atoms with Crippen molar-refractivity contribution in [1.82, 2.24) is 0 Å². The van der Waals surface area contributed by atoms with E-state index in [0.717, 1.165) is 21.0 Å². The first kappa shape index (κ1) is 21.9. The summed E-state index contributed by atoms with van der Waals surface area (Å²) in [5.74, 6) is -0.461. The van der Waals surface area contributed by atoms with Gasteiger partial charge in [0.1, 0.15) is 6.54 Å². The molecular weight excluding hydrogens is 420 g/mol. The molecule has 0 unspecified atom stereocenters. The normalized spacial score (nSPS) is 11.2. The fourth-order valence-corrected chi connectivity index (χ4v) is 4.51. The minimum atomic E-state index is -3.94. The lowest BCUT2D eigenvalue weighted by Gasteiger charge is -2.24. The van der Waals surface area contributed by atoms with E-state index in [4.69, 9.17) is 11.6 Å². The number of halogens is 1. The maximum Gasteiger partial charge on any atom is 0.264 e. The third-order valence-corrected chi connectivity index (χ3v) is 6.72. The maximum absolute atomic E-state index is 13.4. The van der Waals surface area contributed by atoms with Crippen LogP contribution < -0.4 is 9.62 Å². The number of carbonyl (C=O) groups excluding carboxylic acids is 1. The largest absolute Gasteiger partial charge is 0.324 e. The zero-order chi connectivity index (χ0) is 21.9. The van der Waals surface area contributed by atoms with Crippen molar-refractivity contribution in [2.45, 2.75) is 25.7 Å². The molecule has 1 N–H and O–H groups in total. The molecule has 0 saturated carbocycles. The van der Waals surface area contributed by atoms with Crippen LogP contribution in [0.2, 0.25) is 5.02 Å². The van der Waals surface area contributed by atoms with Crippen LogP contribution in [-0.2, 0) is 14.8 Å². The molecule has 1 amide bonds. The first-order chi connectivity index (χ1) is 14.2. The van der Waals surface area contributed by atoms with Gasteiger partial charge in [-0.05, 0) is 62.7 Å². The summed E-state index contributed by atoms with van der Waals surface area (Å²) in [7, 11) is -3.94. The Bertz CT molecular complexity index is 1160. The second-order valence-electron chi connectivity index (χ2n) is 7.17. The number of nitrogens with one attached hydrogen (secondary N) is 1. The van der Waals surface area contributed by atoms with Crippen molar-refractivity contribution in [2.24, 2.45) is 0 Å². The van der Waals surface area contributed by atoms with E-state index in [2.05, 4.69) is 5.32 Å². The van der Waals surface area contributed by atoms with Crippen LogP contribution in [0.5, 0.6) is 0 Å². The minimum absolute atomic E-state index is 0.125. The monoisotopic (exact) mass is 442 g/mol. The summed E-state index contributed by atoms with van der Waals surface area (Å²) in [6, 6.07) is 18.7. The van der Waals surface area contributed by atoms with Crippen molar-refractivity contribution in [3.8, 4) is 0 Å². The molecule has 0 bridgehead atoms. The number of sulfonamides is 1. The van der Waals surface area contributed by atoms with Crippen LogP contribution in [0.3, 0.4) is 0 Å². The van der Waals surface area contributed by atoms with Crippen LogP contribution >= 0.6 is 11.6 Å². The van der Waals surface area contributed by atoms with Gasteiger partial charge < -0.3 is 5.32 Å². The molecular formula is C23H23ClN2O3S. The second-order valence-corrected chi connectivity index (χ2v) is 9.47. The lowest BCUT2D eigenvalue weighted by atomic mass is 10.2. The Kier molecular flexibility index (Phi) is 6.48. The molecule has 156 valence electrons. The summed E-state index contributed by atoms with van der Waals surface area (Å²) in [6.45, 7) is 5.27. The predicted molar refractivity (Wildman–Crippen MR) is 122 cm³/mol. The highest BCUT2D eigenvalue weighted by Crippen LogP contribution is 2.25. The molecule has 0 radical (unpaired) electrons. The lowest BCUT2D eigenvalue weighted by molar-refractivity contribution is -0.114. The van der Waals surface area contributed by atoms with E-state index in [0.29, 0.717) is 16.4 Å². The number of nitrogens with zero attached hydrogens (tertiary/aromatic N) is 1. The molecule has 0 aromatic heterocycles. The molecule has 0 spiro atoms. The molecule has 0 aliphatic heterocycles. The first-order valence-electron chi connectivity index (χ1n) is 9.39. The molecule has 5 nitrogen and oxygen atoms in total. The number of hydrogen-bond acceptors (Lipinski definition) is 3. The van der Waals surface area contributed by atoms with E-state index in [1.807, 2.05) is 32.9 Å². The molecule has 0 aliphatic carbocycles. The number of rotatable bonds is 6. The Labute approximate surface area is 182 Å². The fourth-order valence-electron chi connectivity index (χ4n) is 2.91. The van der Waals surface area contributed by atoms with E-state index in [1.54, 1.807) is 54.6 Å². The second kappa shape index (κ2) is 8.90. The van der Waals surface area contributed by atoms with Gasteiger partial charge in [-0.2, -0.15) is 0 Å². The quantitative estimate of drug-likeness (QED) is 0.577. The van der Waals surface area contributed by atoms with Crippen molar-refractivity contribution in [2.75, 3.05) is 16.2 Å². The number of hydrogen-bond donors (Lipinski definition) is 1. The summed E-state index contributed by atoms with van der Waals surface area (Å²) in [5, 5.41) is 3.25. The SMILES string of the molecule is Cc1ccc(N(CC(=O)Nc2cc(Cl)ccc2C)S(=O)(=O)c2ccc(C)cc2)cc1. The van der Waals surface area contributed by atoms with Crippen LogP contribution in [0.25, 0.3) is 0 Å². The van der Waals surface area contributed by atoms with Crippen LogP contribution in [-0.4, -0.2) is 20.9 Å². The van der Waals surface area contributed by atoms with Gasteiger partial charge in [-0.25, -0.2) is 8.42 Å². The van der Waals surface area contributed by atoms with E-state index in [1.165, 1.54) is 0 Å². The molecule has 30 heavy (non-hydrogen) atoms. The zero-order valence-electron chi connectivity index (χ0n) is 17.0. The van der Waals surface area contributed by atoms with Crippen molar-refractivity contribution >= 4 is 38.9 Å². The Morgan fingerprint density at radius 2 is 1.47 bits per heavy atom. The average Bonchev–Trinajstić information content (AvgIpc) is 2.70. The van der Waals surface area contributed by atoms with Gasteiger partial charge in [0.25, 0.3) is 10.0 Å². The van der Waals surface area contributed by atoms with Gasteiger partial charge in [0.2, 0.25) is 5.91 Å². The van der Waals surface area contributed by atoms with Crippen LogP contribution in [0.4, 0.5) is 11.4 Å². The standard InChI is InChI=1S/C23H23ClN2O3S/c1-16-4-10-20(11-5-16)26(30(28,29)21-12-6-17(2)7-13-21)15-23(27)25-22-14-19(24)9-8-18(22)3/h4-14H,15H2,1-3H3,(H,25,27). The van der Waals surface area contributed by atoms with Crippen molar-refractivity contribution in [1.29, 1.82) is 0 Å². The topological polar surface area (TPSA) is 66.5 Å². The van der Waals surface area contributed by atoms with Gasteiger partial charge in [-0.15, -0.1) is 0 Å². The van der Waals surface area contributed by atoms with Crippen molar-refractivity contribution in [3.63, 3.8) is 0 Å². The van der Waals surface area contributed by atoms with Crippen LogP contribution in [0.15, 0.2) is 71.6 Å². The number of anilines is 2. The van der Waals surface area contributed by atoms with Gasteiger partial charge in [0.05, 0.1) is 10.6 Å². The smallest absolute Gasteiger partial charge is 0.264 e. The summed E-state index contributed by atoms with van der Waals surface area (Å²) < 4.78 is 27.8. The zero-order valence-corrected chi connectivity index (χ0v) is 18.6. The number of carbonyl (C=O) groups is 1. The Balaban J connectivity index is 1.95. The van der Waals surface area contributed by atoms with Crippen molar-refractivity contribution in [3.05, 3.63) is 88.4 Å². The molecule has 7 heteroatoms. The molecule has 0 aliphatic rings.